The van der Waals surface area contributed by atoms with Gasteiger partial charge >= 0.3 is 0 Å². The molecule has 0 bridgehead atoms. The Morgan fingerprint density at radius 1 is 1.20 bits per heavy atom. The molecule has 3 heteroatoms. The molecule has 1 aliphatic rings. The van der Waals surface area contributed by atoms with E-state index >= 15 is 0 Å². The number of halogens is 1. The van der Waals surface area contributed by atoms with Crippen LogP contribution in [0.4, 0.5) is 0 Å². The summed E-state index contributed by atoms with van der Waals surface area (Å²) >= 11 is 6.02. The standard InChI is InChI=1S/C17H26ClNO/c1-14(2)7-10-19-13-17(8-11-20-12-9-17)15-3-5-16(18)6-4-15/h3-6,14,19H,7-13H2,1-2H3. The minimum absolute atomic E-state index is 0.208. The quantitative estimate of drug-likeness (QED) is 0.800. The topological polar surface area (TPSA) is 21.3 Å². The Kier molecular flexibility index (Phi) is 5.88. The summed E-state index contributed by atoms with van der Waals surface area (Å²) in [5.74, 6) is 0.753. The summed E-state index contributed by atoms with van der Waals surface area (Å²) in [6.07, 6.45) is 3.40. The Bertz CT molecular complexity index is 396. The van der Waals surface area contributed by atoms with Crippen molar-refractivity contribution in [1.29, 1.82) is 0 Å². The summed E-state index contributed by atoms with van der Waals surface area (Å²) in [5.41, 5.74) is 1.60. The molecule has 0 unspecified atom stereocenters. The van der Waals surface area contributed by atoms with E-state index in [1.54, 1.807) is 0 Å². The van der Waals surface area contributed by atoms with Gasteiger partial charge in [0, 0.05) is 30.2 Å². The van der Waals surface area contributed by atoms with E-state index in [9.17, 15) is 0 Å². The Labute approximate surface area is 127 Å². The summed E-state index contributed by atoms with van der Waals surface area (Å²) in [6, 6.07) is 8.36. The van der Waals surface area contributed by atoms with Gasteiger partial charge in [0.15, 0.2) is 0 Å². The van der Waals surface area contributed by atoms with E-state index in [-0.39, 0.29) is 5.41 Å². The van der Waals surface area contributed by atoms with Crippen LogP contribution in [0.5, 0.6) is 0 Å². The minimum atomic E-state index is 0.208. The number of hydrogen-bond donors (Lipinski definition) is 1. The van der Waals surface area contributed by atoms with Crippen LogP contribution in [-0.2, 0) is 10.2 Å². The highest BCUT2D eigenvalue weighted by molar-refractivity contribution is 6.30. The van der Waals surface area contributed by atoms with Gasteiger partial charge in [0.2, 0.25) is 0 Å². The van der Waals surface area contributed by atoms with E-state index in [4.69, 9.17) is 16.3 Å². The molecule has 1 fully saturated rings. The summed E-state index contributed by atoms with van der Waals surface area (Å²) in [5, 5.41) is 4.46. The summed E-state index contributed by atoms with van der Waals surface area (Å²) in [6.45, 7) is 8.37. The van der Waals surface area contributed by atoms with E-state index in [0.29, 0.717) is 0 Å². The maximum Gasteiger partial charge on any atom is 0.0475 e. The zero-order valence-electron chi connectivity index (χ0n) is 12.6. The van der Waals surface area contributed by atoms with Gasteiger partial charge in [-0.15, -0.1) is 0 Å². The second-order valence-corrected chi connectivity index (χ2v) is 6.70. The van der Waals surface area contributed by atoms with Gasteiger partial charge in [-0.1, -0.05) is 37.6 Å². The molecule has 0 aromatic heterocycles. The molecule has 0 radical (unpaired) electrons. The molecule has 20 heavy (non-hydrogen) atoms. The maximum absolute atomic E-state index is 6.02. The van der Waals surface area contributed by atoms with Crippen molar-refractivity contribution in [3.8, 4) is 0 Å². The maximum atomic E-state index is 6.02. The van der Waals surface area contributed by atoms with Crippen molar-refractivity contribution in [3.63, 3.8) is 0 Å². The van der Waals surface area contributed by atoms with E-state index in [1.807, 2.05) is 12.1 Å². The minimum Gasteiger partial charge on any atom is -0.381 e. The number of rotatable bonds is 6. The van der Waals surface area contributed by atoms with Crippen LogP contribution in [0.25, 0.3) is 0 Å². The molecule has 0 atom stereocenters. The largest absolute Gasteiger partial charge is 0.381 e. The third kappa shape index (κ3) is 4.21. The van der Waals surface area contributed by atoms with E-state index in [2.05, 4.69) is 31.3 Å². The second kappa shape index (κ2) is 7.44. The van der Waals surface area contributed by atoms with Gasteiger partial charge in [0.1, 0.15) is 0 Å². The molecular formula is C17H26ClNO. The lowest BCUT2D eigenvalue weighted by Gasteiger charge is -2.38. The Balaban J connectivity index is 2.03. The zero-order chi connectivity index (χ0) is 14.4. The molecule has 1 heterocycles. The van der Waals surface area contributed by atoms with Crippen LogP contribution in [0.1, 0.15) is 38.7 Å². The lowest BCUT2D eigenvalue weighted by molar-refractivity contribution is 0.0498. The van der Waals surface area contributed by atoms with Crippen molar-refractivity contribution in [3.05, 3.63) is 34.9 Å². The smallest absolute Gasteiger partial charge is 0.0475 e. The normalized spacial score (nSPS) is 18.4. The molecule has 0 amide bonds. The summed E-state index contributed by atoms with van der Waals surface area (Å²) < 4.78 is 5.56. The molecule has 2 rings (SSSR count). The van der Waals surface area contributed by atoms with Crippen molar-refractivity contribution in [2.45, 2.75) is 38.5 Å². The fraction of sp³-hybridized carbons (Fsp3) is 0.647. The lowest BCUT2D eigenvalue weighted by atomic mass is 9.74. The Morgan fingerprint density at radius 2 is 1.85 bits per heavy atom. The predicted molar refractivity (Wildman–Crippen MR) is 85.5 cm³/mol. The van der Waals surface area contributed by atoms with Crippen molar-refractivity contribution in [1.82, 2.24) is 5.32 Å². The summed E-state index contributed by atoms with van der Waals surface area (Å²) in [7, 11) is 0. The number of ether oxygens (including phenoxy) is 1. The highest BCUT2D eigenvalue weighted by Crippen LogP contribution is 2.34. The van der Waals surface area contributed by atoms with Gasteiger partial charge in [0.25, 0.3) is 0 Å². The van der Waals surface area contributed by atoms with Gasteiger partial charge < -0.3 is 10.1 Å². The van der Waals surface area contributed by atoms with Crippen LogP contribution in [-0.4, -0.2) is 26.3 Å². The van der Waals surface area contributed by atoms with Crippen LogP contribution in [0.15, 0.2) is 24.3 Å². The molecular weight excluding hydrogens is 270 g/mol. The van der Waals surface area contributed by atoms with Crippen molar-refractivity contribution < 1.29 is 4.74 Å². The van der Waals surface area contributed by atoms with Crippen molar-refractivity contribution in [2.24, 2.45) is 5.92 Å². The van der Waals surface area contributed by atoms with E-state index in [1.165, 1.54) is 12.0 Å². The average Bonchev–Trinajstić information content (AvgIpc) is 2.45. The Hall–Kier alpha value is -0.570. The van der Waals surface area contributed by atoms with Gasteiger partial charge in [-0.05, 0) is 49.4 Å². The molecule has 1 saturated heterocycles. The zero-order valence-corrected chi connectivity index (χ0v) is 13.4. The van der Waals surface area contributed by atoms with Crippen LogP contribution < -0.4 is 5.32 Å². The summed E-state index contributed by atoms with van der Waals surface area (Å²) in [4.78, 5) is 0. The predicted octanol–water partition coefficient (Wildman–Crippen LogP) is 4.02. The van der Waals surface area contributed by atoms with Crippen LogP contribution >= 0.6 is 11.6 Å². The fourth-order valence-electron chi connectivity index (χ4n) is 2.85. The highest BCUT2D eigenvalue weighted by atomic mass is 35.5. The molecule has 0 aliphatic carbocycles. The molecule has 1 aromatic rings. The highest BCUT2D eigenvalue weighted by Gasteiger charge is 2.33. The second-order valence-electron chi connectivity index (χ2n) is 6.26. The van der Waals surface area contributed by atoms with Gasteiger partial charge in [-0.2, -0.15) is 0 Å². The first-order valence-electron chi connectivity index (χ1n) is 7.67. The van der Waals surface area contributed by atoms with Crippen LogP contribution in [0.3, 0.4) is 0 Å². The first-order valence-corrected chi connectivity index (χ1v) is 8.05. The average molecular weight is 296 g/mol. The lowest BCUT2D eigenvalue weighted by Crippen LogP contribution is -2.43. The molecule has 1 aromatic carbocycles. The van der Waals surface area contributed by atoms with Crippen molar-refractivity contribution in [2.75, 3.05) is 26.3 Å². The molecule has 1 aliphatic heterocycles. The molecule has 112 valence electrons. The molecule has 0 saturated carbocycles. The molecule has 1 N–H and O–H groups in total. The van der Waals surface area contributed by atoms with Gasteiger partial charge in [-0.25, -0.2) is 0 Å². The van der Waals surface area contributed by atoms with Crippen LogP contribution in [0.2, 0.25) is 5.02 Å². The van der Waals surface area contributed by atoms with Gasteiger partial charge in [-0.3, -0.25) is 0 Å². The first kappa shape index (κ1) is 15.8. The third-order valence-corrected chi connectivity index (χ3v) is 4.52. The van der Waals surface area contributed by atoms with Crippen molar-refractivity contribution >= 4 is 11.6 Å². The Morgan fingerprint density at radius 3 is 2.45 bits per heavy atom. The SMILES string of the molecule is CC(C)CCNCC1(c2ccc(Cl)cc2)CCOCC1. The van der Waals surface area contributed by atoms with Gasteiger partial charge in [0.05, 0.1) is 0 Å². The van der Waals surface area contributed by atoms with E-state index in [0.717, 1.165) is 50.1 Å². The van der Waals surface area contributed by atoms with E-state index < -0.39 is 0 Å². The fourth-order valence-corrected chi connectivity index (χ4v) is 2.98. The first-order chi connectivity index (χ1) is 9.62. The number of benzene rings is 1. The number of nitrogens with one attached hydrogen (secondary N) is 1. The van der Waals surface area contributed by atoms with Crippen LogP contribution in [0, 0.1) is 5.92 Å². The third-order valence-electron chi connectivity index (χ3n) is 4.27. The molecule has 0 spiro atoms. The molecule has 2 nitrogen and oxygen atoms in total. The number of hydrogen-bond acceptors (Lipinski definition) is 2. The monoisotopic (exact) mass is 295 g/mol.